The number of para-hydroxylation sites is 1. The quantitative estimate of drug-likeness (QED) is 0.867. The average molecular weight is 298 g/mol. The van der Waals surface area contributed by atoms with Crippen molar-refractivity contribution in [3.8, 4) is 0 Å². The minimum absolute atomic E-state index is 0.0771. The van der Waals surface area contributed by atoms with Gasteiger partial charge in [0.15, 0.2) is 0 Å². The molecule has 0 unspecified atom stereocenters. The maximum absolute atomic E-state index is 11.5. The molecule has 0 radical (unpaired) electrons. The molecule has 1 aromatic carbocycles. The molecular formula is C18H22N2O2. The highest BCUT2D eigenvalue weighted by Gasteiger charge is 2.35. The monoisotopic (exact) mass is 298 g/mol. The molecule has 1 aromatic heterocycles. The summed E-state index contributed by atoms with van der Waals surface area (Å²) in [6, 6.07) is 9.10. The van der Waals surface area contributed by atoms with Gasteiger partial charge in [0, 0.05) is 36.1 Å². The molecule has 2 aliphatic rings. The van der Waals surface area contributed by atoms with E-state index in [0.717, 1.165) is 32.4 Å². The molecule has 0 saturated carbocycles. The summed E-state index contributed by atoms with van der Waals surface area (Å²) in [5, 5.41) is 1.38. The number of methoxy groups -OCH3 is 1. The van der Waals surface area contributed by atoms with E-state index in [1.54, 1.807) is 0 Å². The fourth-order valence-corrected chi connectivity index (χ4v) is 4.22. The van der Waals surface area contributed by atoms with Crippen molar-refractivity contribution in [2.75, 3.05) is 20.2 Å². The predicted octanol–water partition coefficient (Wildman–Crippen LogP) is 3.04. The number of piperidine rings is 1. The van der Waals surface area contributed by atoms with Gasteiger partial charge < -0.3 is 9.72 Å². The highest BCUT2D eigenvalue weighted by Crippen LogP contribution is 2.41. The number of ether oxygens (including phenoxy) is 1. The van der Waals surface area contributed by atoms with Crippen LogP contribution in [0.15, 0.2) is 24.3 Å². The summed E-state index contributed by atoms with van der Waals surface area (Å²) < 4.78 is 4.82. The van der Waals surface area contributed by atoms with Crippen molar-refractivity contribution in [2.24, 2.45) is 5.92 Å². The molecule has 1 saturated heterocycles. The van der Waals surface area contributed by atoms with Gasteiger partial charge in [-0.3, -0.25) is 9.69 Å². The third kappa shape index (κ3) is 2.22. The SMILES string of the molecule is COC(=O)C[C@@H]1CC[C@@H]2c3[nH]c4ccccc4c3CCN2C1. The summed E-state index contributed by atoms with van der Waals surface area (Å²) >= 11 is 0. The number of carbonyl (C=O) groups is 1. The number of hydrogen-bond acceptors (Lipinski definition) is 3. The van der Waals surface area contributed by atoms with Crippen LogP contribution in [0.5, 0.6) is 0 Å². The van der Waals surface area contributed by atoms with E-state index in [-0.39, 0.29) is 5.97 Å². The van der Waals surface area contributed by atoms with E-state index in [0.29, 0.717) is 18.4 Å². The van der Waals surface area contributed by atoms with Crippen LogP contribution in [0.3, 0.4) is 0 Å². The van der Waals surface area contributed by atoms with Crippen molar-refractivity contribution in [3.05, 3.63) is 35.5 Å². The lowest BCUT2D eigenvalue weighted by Gasteiger charge is -2.42. The van der Waals surface area contributed by atoms with Crippen LogP contribution in [0, 0.1) is 5.92 Å². The lowest BCUT2D eigenvalue weighted by molar-refractivity contribution is -0.142. The Morgan fingerprint density at radius 3 is 3.09 bits per heavy atom. The van der Waals surface area contributed by atoms with Crippen LogP contribution in [0.4, 0.5) is 0 Å². The number of aromatic amines is 1. The van der Waals surface area contributed by atoms with Crippen molar-refractivity contribution in [2.45, 2.75) is 31.7 Å². The van der Waals surface area contributed by atoms with E-state index < -0.39 is 0 Å². The zero-order valence-corrected chi connectivity index (χ0v) is 13.0. The van der Waals surface area contributed by atoms with E-state index in [9.17, 15) is 4.79 Å². The molecule has 2 aliphatic heterocycles. The summed E-state index contributed by atoms with van der Waals surface area (Å²) in [4.78, 5) is 17.7. The second-order valence-corrected chi connectivity index (χ2v) is 6.55. The van der Waals surface area contributed by atoms with Crippen LogP contribution in [-0.2, 0) is 16.0 Å². The normalized spacial score (nSPS) is 24.8. The van der Waals surface area contributed by atoms with Crippen LogP contribution in [-0.4, -0.2) is 36.1 Å². The molecule has 4 rings (SSSR count). The van der Waals surface area contributed by atoms with Gasteiger partial charge in [0.05, 0.1) is 13.2 Å². The Balaban J connectivity index is 1.58. The second kappa shape index (κ2) is 5.43. The lowest BCUT2D eigenvalue weighted by atomic mass is 9.85. The number of H-pyrrole nitrogens is 1. The minimum atomic E-state index is -0.0771. The summed E-state index contributed by atoms with van der Waals surface area (Å²) in [6.07, 6.45) is 3.88. The maximum Gasteiger partial charge on any atom is 0.305 e. The van der Waals surface area contributed by atoms with Gasteiger partial charge in [0.1, 0.15) is 0 Å². The van der Waals surface area contributed by atoms with Crippen LogP contribution in [0.1, 0.15) is 36.6 Å². The number of fused-ring (bicyclic) bond motifs is 5. The summed E-state index contributed by atoms with van der Waals surface area (Å²) in [5.41, 5.74) is 4.17. The molecule has 0 spiro atoms. The number of esters is 1. The van der Waals surface area contributed by atoms with Crippen molar-refractivity contribution >= 4 is 16.9 Å². The van der Waals surface area contributed by atoms with Crippen molar-refractivity contribution < 1.29 is 9.53 Å². The number of hydrogen-bond donors (Lipinski definition) is 1. The first kappa shape index (κ1) is 13.8. The van der Waals surface area contributed by atoms with Crippen LogP contribution in [0.25, 0.3) is 10.9 Å². The average Bonchev–Trinajstić information content (AvgIpc) is 2.93. The fraction of sp³-hybridized carbons (Fsp3) is 0.500. The third-order valence-corrected chi connectivity index (χ3v) is 5.29. The van der Waals surface area contributed by atoms with Crippen LogP contribution >= 0.6 is 0 Å². The predicted molar refractivity (Wildman–Crippen MR) is 85.7 cm³/mol. The van der Waals surface area contributed by atoms with E-state index in [1.807, 2.05) is 0 Å². The van der Waals surface area contributed by atoms with Gasteiger partial charge in [0.25, 0.3) is 0 Å². The summed E-state index contributed by atoms with van der Waals surface area (Å²) in [6.45, 7) is 2.10. The highest BCUT2D eigenvalue weighted by atomic mass is 16.5. The Morgan fingerprint density at radius 2 is 2.23 bits per heavy atom. The minimum Gasteiger partial charge on any atom is -0.469 e. The van der Waals surface area contributed by atoms with Gasteiger partial charge in [-0.1, -0.05) is 18.2 Å². The van der Waals surface area contributed by atoms with E-state index in [2.05, 4.69) is 34.1 Å². The zero-order chi connectivity index (χ0) is 15.1. The van der Waals surface area contributed by atoms with Gasteiger partial charge in [-0.25, -0.2) is 0 Å². The van der Waals surface area contributed by atoms with Gasteiger partial charge in [-0.15, -0.1) is 0 Å². The summed E-state index contributed by atoms with van der Waals surface area (Å²) in [5.74, 6) is 0.362. The van der Waals surface area contributed by atoms with E-state index >= 15 is 0 Å². The molecular weight excluding hydrogens is 276 g/mol. The molecule has 2 aromatic rings. The standard InChI is InChI=1S/C18H22N2O2/c1-22-17(21)10-12-6-7-16-18-14(8-9-20(16)11-12)13-4-2-3-5-15(13)19-18/h2-5,12,16,19H,6-11H2,1H3/t12-,16+/m0/s1. The first-order valence-corrected chi connectivity index (χ1v) is 8.16. The van der Waals surface area contributed by atoms with Gasteiger partial charge >= 0.3 is 5.97 Å². The third-order valence-electron chi connectivity index (χ3n) is 5.29. The summed E-state index contributed by atoms with van der Waals surface area (Å²) in [7, 11) is 1.48. The van der Waals surface area contributed by atoms with Gasteiger partial charge in [0.2, 0.25) is 0 Å². The Labute approximate surface area is 130 Å². The van der Waals surface area contributed by atoms with E-state index in [4.69, 9.17) is 4.74 Å². The number of carbonyl (C=O) groups excluding carboxylic acids is 1. The largest absolute Gasteiger partial charge is 0.469 e. The van der Waals surface area contributed by atoms with E-state index in [1.165, 1.54) is 29.3 Å². The number of rotatable bonds is 2. The number of nitrogens with one attached hydrogen (secondary N) is 1. The maximum atomic E-state index is 11.5. The molecule has 0 aliphatic carbocycles. The Bertz CT molecular complexity index is 706. The first-order valence-electron chi connectivity index (χ1n) is 8.16. The van der Waals surface area contributed by atoms with Crippen molar-refractivity contribution in [1.82, 2.24) is 9.88 Å². The van der Waals surface area contributed by atoms with Crippen molar-refractivity contribution in [3.63, 3.8) is 0 Å². The Hall–Kier alpha value is -1.81. The number of nitrogens with zero attached hydrogens (tertiary/aromatic N) is 1. The first-order chi connectivity index (χ1) is 10.8. The molecule has 0 bridgehead atoms. The molecule has 0 amide bonds. The lowest BCUT2D eigenvalue weighted by Crippen LogP contribution is -2.42. The van der Waals surface area contributed by atoms with Crippen molar-refractivity contribution in [1.29, 1.82) is 0 Å². The molecule has 4 heteroatoms. The highest BCUT2D eigenvalue weighted by molar-refractivity contribution is 5.85. The molecule has 3 heterocycles. The Morgan fingerprint density at radius 1 is 1.36 bits per heavy atom. The molecule has 116 valence electrons. The topological polar surface area (TPSA) is 45.3 Å². The number of aromatic nitrogens is 1. The molecule has 1 N–H and O–H groups in total. The zero-order valence-electron chi connectivity index (χ0n) is 13.0. The molecule has 2 atom stereocenters. The van der Waals surface area contributed by atoms with Gasteiger partial charge in [-0.2, -0.15) is 0 Å². The Kier molecular flexibility index (Phi) is 3.41. The second-order valence-electron chi connectivity index (χ2n) is 6.55. The number of benzene rings is 1. The molecule has 1 fully saturated rings. The fourth-order valence-electron chi connectivity index (χ4n) is 4.22. The van der Waals surface area contributed by atoms with Crippen LogP contribution < -0.4 is 0 Å². The smallest absolute Gasteiger partial charge is 0.305 e. The van der Waals surface area contributed by atoms with Gasteiger partial charge in [-0.05, 0) is 36.8 Å². The molecule has 22 heavy (non-hydrogen) atoms. The van der Waals surface area contributed by atoms with Crippen LogP contribution in [0.2, 0.25) is 0 Å². The molecule has 4 nitrogen and oxygen atoms in total.